The molecule has 6 heteroatoms. The molecule has 19 heavy (non-hydrogen) atoms. The minimum absolute atomic E-state index is 0.311. The second-order valence-electron chi connectivity index (χ2n) is 4.19. The molecule has 0 atom stereocenters. The summed E-state index contributed by atoms with van der Waals surface area (Å²) in [6.07, 6.45) is 1.40. The first-order valence-corrected chi connectivity index (χ1v) is 6.50. The number of nitrogens with one attached hydrogen (secondary N) is 1. The monoisotopic (exact) mass is 322 g/mol. The number of benzene rings is 1. The van der Waals surface area contributed by atoms with E-state index in [2.05, 4.69) is 31.2 Å². The Morgan fingerprint density at radius 3 is 2.42 bits per heavy atom. The van der Waals surface area contributed by atoms with Crippen molar-refractivity contribution >= 4 is 33.3 Å². The standard InChI is InChI=1S/C13H15BrN4O/c1-7-4-9(5-8(2)10(7)14)18-13-11(19-3)12(15)16-6-17-13/h4-6H,1-3H3,(H3,15,16,17,18). The van der Waals surface area contributed by atoms with E-state index in [1.807, 2.05) is 26.0 Å². The molecular formula is C13H15BrN4O. The molecule has 2 rings (SSSR count). The number of anilines is 3. The Hall–Kier alpha value is -1.82. The van der Waals surface area contributed by atoms with Crippen molar-refractivity contribution in [2.24, 2.45) is 0 Å². The van der Waals surface area contributed by atoms with Crippen LogP contribution in [0.3, 0.4) is 0 Å². The van der Waals surface area contributed by atoms with Gasteiger partial charge in [0.05, 0.1) is 7.11 Å². The first-order valence-electron chi connectivity index (χ1n) is 5.71. The van der Waals surface area contributed by atoms with E-state index >= 15 is 0 Å². The summed E-state index contributed by atoms with van der Waals surface area (Å²) >= 11 is 3.54. The first kappa shape index (κ1) is 13.6. The van der Waals surface area contributed by atoms with Crippen LogP contribution in [-0.4, -0.2) is 17.1 Å². The van der Waals surface area contributed by atoms with Crippen LogP contribution in [0.2, 0.25) is 0 Å². The Morgan fingerprint density at radius 2 is 1.84 bits per heavy atom. The van der Waals surface area contributed by atoms with Crippen molar-refractivity contribution in [3.8, 4) is 5.75 Å². The highest BCUT2D eigenvalue weighted by Gasteiger charge is 2.10. The van der Waals surface area contributed by atoms with Gasteiger partial charge in [-0.25, -0.2) is 9.97 Å². The van der Waals surface area contributed by atoms with Crippen LogP contribution >= 0.6 is 15.9 Å². The van der Waals surface area contributed by atoms with Gasteiger partial charge < -0.3 is 15.8 Å². The zero-order valence-corrected chi connectivity index (χ0v) is 12.6. The molecular weight excluding hydrogens is 308 g/mol. The van der Waals surface area contributed by atoms with Gasteiger partial charge in [-0.3, -0.25) is 0 Å². The summed E-state index contributed by atoms with van der Waals surface area (Å²) in [6, 6.07) is 4.05. The second-order valence-corrected chi connectivity index (χ2v) is 4.98. The fourth-order valence-corrected chi connectivity index (χ4v) is 2.06. The van der Waals surface area contributed by atoms with Crippen LogP contribution in [0.25, 0.3) is 0 Å². The Labute approximate surface area is 120 Å². The van der Waals surface area contributed by atoms with E-state index in [-0.39, 0.29) is 0 Å². The number of hydrogen-bond acceptors (Lipinski definition) is 5. The summed E-state index contributed by atoms with van der Waals surface area (Å²) in [5, 5.41) is 3.20. The van der Waals surface area contributed by atoms with E-state index < -0.39 is 0 Å². The molecule has 1 aromatic carbocycles. The van der Waals surface area contributed by atoms with Crippen LogP contribution in [0.15, 0.2) is 22.9 Å². The van der Waals surface area contributed by atoms with Gasteiger partial charge in [-0.1, -0.05) is 15.9 Å². The van der Waals surface area contributed by atoms with E-state index in [0.717, 1.165) is 21.3 Å². The van der Waals surface area contributed by atoms with E-state index in [0.29, 0.717) is 17.4 Å². The highest BCUT2D eigenvalue weighted by atomic mass is 79.9. The second kappa shape index (κ2) is 5.44. The van der Waals surface area contributed by atoms with Crippen molar-refractivity contribution < 1.29 is 4.74 Å². The molecule has 1 heterocycles. The van der Waals surface area contributed by atoms with Gasteiger partial charge in [0, 0.05) is 10.2 Å². The molecule has 0 unspecified atom stereocenters. The summed E-state index contributed by atoms with van der Waals surface area (Å²) in [5.41, 5.74) is 8.96. The summed E-state index contributed by atoms with van der Waals surface area (Å²) in [4.78, 5) is 8.04. The number of nitrogens with zero attached hydrogens (tertiary/aromatic N) is 2. The average molecular weight is 323 g/mol. The van der Waals surface area contributed by atoms with Gasteiger partial charge in [-0.15, -0.1) is 0 Å². The number of hydrogen-bond donors (Lipinski definition) is 2. The molecule has 0 aliphatic rings. The number of nitrogen functional groups attached to an aromatic ring is 1. The largest absolute Gasteiger partial charge is 0.490 e. The van der Waals surface area contributed by atoms with Crippen molar-refractivity contribution in [1.29, 1.82) is 0 Å². The third-order valence-corrected chi connectivity index (χ3v) is 3.99. The Bertz CT molecular complexity index is 593. The third kappa shape index (κ3) is 2.78. The van der Waals surface area contributed by atoms with Gasteiger partial charge in [-0.05, 0) is 37.1 Å². The molecule has 0 saturated heterocycles. The SMILES string of the molecule is COc1c(N)ncnc1Nc1cc(C)c(Br)c(C)c1. The molecule has 100 valence electrons. The summed E-state index contributed by atoms with van der Waals surface area (Å²) in [6.45, 7) is 4.07. The zero-order valence-electron chi connectivity index (χ0n) is 11.0. The fourth-order valence-electron chi connectivity index (χ4n) is 1.83. The van der Waals surface area contributed by atoms with Crippen molar-refractivity contribution in [1.82, 2.24) is 9.97 Å². The highest BCUT2D eigenvalue weighted by molar-refractivity contribution is 9.10. The molecule has 1 aromatic heterocycles. The smallest absolute Gasteiger partial charge is 0.204 e. The molecule has 0 aliphatic carbocycles. The lowest BCUT2D eigenvalue weighted by Crippen LogP contribution is -2.03. The van der Waals surface area contributed by atoms with Crippen LogP contribution in [-0.2, 0) is 0 Å². The molecule has 0 aliphatic heterocycles. The van der Waals surface area contributed by atoms with Crippen LogP contribution in [0, 0.1) is 13.8 Å². The lowest BCUT2D eigenvalue weighted by atomic mass is 10.1. The van der Waals surface area contributed by atoms with E-state index in [9.17, 15) is 0 Å². The molecule has 0 amide bonds. The number of aryl methyl sites for hydroxylation is 2. The van der Waals surface area contributed by atoms with Crippen LogP contribution in [0.1, 0.15) is 11.1 Å². The quantitative estimate of drug-likeness (QED) is 0.907. The molecule has 0 radical (unpaired) electrons. The minimum atomic E-state index is 0.311. The predicted molar refractivity (Wildman–Crippen MR) is 79.9 cm³/mol. The topological polar surface area (TPSA) is 73.1 Å². The Kier molecular flexibility index (Phi) is 3.90. The number of aromatic nitrogens is 2. The Morgan fingerprint density at radius 1 is 1.21 bits per heavy atom. The fraction of sp³-hybridized carbons (Fsp3) is 0.231. The number of rotatable bonds is 3. The molecule has 0 spiro atoms. The predicted octanol–water partition coefficient (Wildman–Crippen LogP) is 3.19. The van der Waals surface area contributed by atoms with E-state index in [4.69, 9.17) is 10.5 Å². The lowest BCUT2D eigenvalue weighted by molar-refractivity contribution is 0.415. The molecule has 5 nitrogen and oxygen atoms in total. The van der Waals surface area contributed by atoms with Gasteiger partial charge in [0.15, 0.2) is 11.6 Å². The van der Waals surface area contributed by atoms with Crippen LogP contribution < -0.4 is 15.8 Å². The summed E-state index contributed by atoms with van der Waals surface area (Å²) < 4.78 is 6.31. The highest BCUT2D eigenvalue weighted by Crippen LogP contribution is 2.31. The average Bonchev–Trinajstić information content (AvgIpc) is 2.36. The number of ether oxygens (including phenoxy) is 1. The van der Waals surface area contributed by atoms with Gasteiger partial charge in [0.25, 0.3) is 0 Å². The summed E-state index contributed by atoms with van der Waals surface area (Å²) in [7, 11) is 1.54. The van der Waals surface area contributed by atoms with Crippen molar-refractivity contribution in [2.45, 2.75) is 13.8 Å². The molecule has 0 fully saturated rings. The first-order chi connectivity index (χ1) is 9.02. The lowest BCUT2D eigenvalue weighted by Gasteiger charge is -2.13. The molecule has 3 N–H and O–H groups in total. The molecule has 2 aromatic rings. The summed E-state index contributed by atoms with van der Waals surface area (Å²) in [5.74, 6) is 1.31. The maximum atomic E-state index is 5.75. The van der Waals surface area contributed by atoms with Gasteiger partial charge in [-0.2, -0.15) is 0 Å². The van der Waals surface area contributed by atoms with Crippen molar-refractivity contribution in [2.75, 3.05) is 18.2 Å². The number of methoxy groups -OCH3 is 1. The van der Waals surface area contributed by atoms with Gasteiger partial charge >= 0.3 is 0 Å². The van der Waals surface area contributed by atoms with Crippen LogP contribution in [0.4, 0.5) is 17.3 Å². The zero-order chi connectivity index (χ0) is 14.0. The molecule has 0 saturated carbocycles. The number of halogens is 1. The van der Waals surface area contributed by atoms with Crippen LogP contribution in [0.5, 0.6) is 5.75 Å². The van der Waals surface area contributed by atoms with Gasteiger partial charge in [0.1, 0.15) is 6.33 Å². The number of nitrogens with two attached hydrogens (primary N) is 1. The minimum Gasteiger partial charge on any atom is -0.490 e. The van der Waals surface area contributed by atoms with Gasteiger partial charge in [0.2, 0.25) is 5.75 Å². The maximum absolute atomic E-state index is 5.75. The third-order valence-electron chi connectivity index (χ3n) is 2.73. The normalized spacial score (nSPS) is 10.3. The van der Waals surface area contributed by atoms with E-state index in [1.165, 1.54) is 13.4 Å². The Balaban J connectivity index is 2.39. The van der Waals surface area contributed by atoms with E-state index in [1.54, 1.807) is 0 Å². The maximum Gasteiger partial charge on any atom is 0.204 e. The molecule has 0 bridgehead atoms. The van der Waals surface area contributed by atoms with Crippen molar-refractivity contribution in [3.63, 3.8) is 0 Å². The van der Waals surface area contributed by atoms with Crippen molar-refractivity contribution in [3.05, 3.63) is 34.1 Å².